The minimum Gasteiger partial charge on any atom is -0.379 e. The fourth-order valence-electron chi connectivity index (χ4n) is 3.06. The van der Waals surface area contributed by atoms with E-state index in [1.54, 1.807) is 17.5 Å². The number of hydrogen-bond acceptors (Lipinski definition) is 7. The molecule has 136 valence electrons. The molecule has 1 N–H and O–H groups in total. The zero-order valence-electron chi connectivity index (χ0n) is 14.9. The summed E-state index contributed by atoms with van der Waals surface area (Å²) in [5.74, 6) is 1.64. The summed E-state index contributed by atoms with van der Waals surface area (Å²) in [6.07, 6.45) is 4.59. The first kappa shape index (κ1) is 17.3. The Labute approximate surface area is 157 Å². The number of aromatic nitrogens is 3. The summed E-state index contributed by atoms with van der Waals surface area (Å²) in [7, 11) is 0. The molecular weight excluding hydrogens is 346 g/mol. The number of nitrogens with zero attached hydrogens (tertiary/aromatic N) is 4. The average Bonchev–Trinajstić information content (AvgIpc) is 3.13. The first-order valence-electron chi connectivity index (χ1n) is 9.08. The Hall–Kier alpha value is -2.09. The molecule has 0 amide bonds. The van der Waals surface area contributed by atoms with Crippen LogP contribution in [0.5, 0.6) is 0 Å². The molecule has 1 fully saturated rings. The van der Waals surface area contributed by atoms with E-state index < -0.39 is 0 Å². The van der Waals surface area contributed by atoms with Crippen LogP contribution in [0.1, 0.15) is 11.8 Å². The second kappa shape index (κ2) is 8.07. The number of morpholine rings is 1. The topological polar surface area (TPSA) is 63.2 Å². The molecule has 1 aliphatic rings. The zero-order valence-corrected chi connectivity index (χ0v) is 15.8. The Morgan fingerprint density at radius 2 is 2.15 bits per heavy atom. The van der Waals surface area contributed by atoms with E-state index in [1.807, 2.05) is 18.3 Å². The molecule has 0 unspecified atom stereocenters. The number of nitrogens with one attached hydrogen (secondary N) is 1. The van der Waals surface area contributed by atoms with Gasteiger partial charge < -0.3 is 10.1 Å². The fraction of sp³-hybridized carbons (Fsp3) is 0.421. The summed E-state index contributed by atoms with van der Waals surface area (Å²) in [6.45, 7) is 7.67. The summed E-state index contributed by atoms with van der Waals surface area (Å²) in [4.78, 5) is 18.6. The van der Waals surface area contributed by atoms with Gasteiger partial charge in [0.25, 0.3) is 0 Å². The molecule has 0 aliphatic carbocycles. The predicted octanol–water partition coefficient (Wildman–Crippen LogP) is 3.06. The Morgan fingerprint density at radius 1 is 1.27 bits per heavy atom. The number of thiophene rings is 1. The van der Waals surface area contributed by atoms with Gasteiger partial charge in [0, 0.05) is 49.0 Å². The van der Waals surface area contributed by atoms with Gasteiger partial charge in [0.15, 0.2) is 5.82 Å². The van der Waals surface area contributed by atoms with E-state index in [2.05, 4.69) is 28.2 Å². The number of ether oxygens (including phenoxy) is 1. The molecule has 3 aromatic rings. The van der Waals surface area contributed by atoms with E-state index in [9.17, 15) is 0 Å². The number of pyridine rings is 1. The van der Waals surface area contributed by atoms with Gasteiger partial charge in [0.1, 0.15) is 10.6 Å². The fourth-order valence-corrected chi connectivity index (χ4v) is 4.03. The third kappa shape index (κ3) is 3.85. The smallest absolute Gasteiger partial charge is 0.164 e. The van der Waals surface area contributed by atoms with Crippen LogP contribution >= 0.6 is 11.3 Å². The monoisotopic (exact) mass is 369 g/mol. The van der Waals surface area contributed by atoms with E-state index in [1.165, 1.54) is 4.88 Å². The molecular formula is C19H23N5OS. The van der Waals surface area contributed by atoms with E-state index in [4.69, 9.17) is 14.7 Å². The molecule has 0 aromatic carbocycles. The van der Waals surface area contributed by atoms with Crippen LogP contribution in [0, 0.1) is 0 Å². The maximum Gasteiger partial charge on any atom is 0.164 e. The van der Waals surface area contributed by atoms with E-state index in [-0.39, 0.29) is 0 Å². The van der Waals surface area contributed by atoms with Gasteiger partial charge in [-0.25, -0.2) is 9.97 Å². The highest BCUT2D eigenvalue weighted by Crippen LogP contribution is 2.31. The van der Waals surface area contributed by atoms with Crippen molar-refractivity contribution in [3.05, 3.63) is 35.5 Å². The summed E-state index contributed by atoms with van der Waals surface area (Å²) in [6, 6.07) is 6.13. The molecule has 1 saturated heterocycles. The largest absolute Gasteiger partial charge is 0.379 e. The Morgan fingerprint density at radius 3 is 2.92 bits per heavy atom. The molecule has 6 nitrogen and oxygen atoms in total. The Bertz CT molecular complexity index is 861. The van der Waals surface area contributed by atoms with Crippen LogP contribution in [0.15, 0.2) is 30.6 Å². The number of hydrogen-bond donors (Lipinski definition) is 1. The third-order valence-electron chi connectivity index (χ3n) is 4.54. The normalized spacial score (nSPS) is 15.4. The van der Waals surface area contributed by atoms with Gasteiger partial charge in [-0.2, -0.15) is 0 Å². The Kier molecular flexibility index (Phi) is 5.38. The molecule has 0 atom stereocenters. The average molecular weight is 369 g/mol. The van der Waals surface area contributed by atoms with Crippen molar-refractivity contribution in [3.63, 3.8) is 0 Å². The molecule has 1 aliphatic heterocycles. The zero-order chi connectivity index (χ0) is 17.8. The summed E-state index contributed by atoms with van der Waals surface area (Å²) >= 11 is 1.74. The van der Waals surface area contributed by atoms with Gasteiger partial charge in [-0.1, -0.05) is 6.92 Å². The van der Waals surface area contributed by atoms with Gasteiger partial charge in [-0.05, 0) is 24.6 Å². The van der Waals surface area contributed by atoms with Crippen molar-refractivity contribution < 1.29 is 4.74 Å². The second-order valence-electron chi connectivity index (χ2n) is 6.30. The SMILES string of the molecule is CCc1cc2c(NCCN3CCOCC3)nc(-c3cccnc3)nc2s1. The van der Waals surface area contributed by atoms with Crippen molar-refractivity contribution in [2.24, 2.45) is 0 Å². The molecule has 3 aromatic heterocycles. The molecule has 0 spiro atoms. The van der Waals surface area contributed by atoms with Gasteiger partial charge in [-0.3, -0.25) is 9.88 Å². The highest BCUT2D eigenvalue weighted by molar-refractivity contribution is 7.18. The van der Waals surface area contributed by atoms with Crippen LogP contribution in [0.25, 0.3) is 21.6 Å². The van der Waals surface area contributed by atoms with Crippen molar-refractivity contribution in [1.82, 2.24) is 19.9 Å². The van der Waals surface area contributed by atoms with Gasteiger partial charge in [0.05, 0.1) is 18.6 Å². The van der Waals surface area contributed by atoms with E-state index in [0.29, 0.717) is 0 Å². The molecule has 4 heterocycles. The lowest BCUT2D eigenvalue weighted by Crippen LogP contribution is -2.39. The van der Waals surface area contributed by atoms with Crippen LogP contribution in [-0.2, 0) is 11.2 Å². The maximum absolute atomic E-state index is 5.41. The summed E-state index contributed by atoms with van der Waals surface area (Å²) < 4.78 is 5.41. The van der Waals surface area contributed by atoms with Crippen molar-refractivity contribution in [1.29, 1.82) is 0 Å². The number of anilines is 1. The molecule has 0 saturated carbocycles. The molecule has 4 rings (SSSR count). The van der Waals surface area contributed by atoms with Crippen molar-refractivity contribution in [3.8, 4) is 11.4 Å². The van der Waals surface area contributed by atoms with Crippen molar-refractivity contribution >= 4 is 27.4 Å². The lowest BCUT2D eigenvalue weighted by atomic mass is 10.2. The lowest BCUT2D eigenvalue weighted by Gasteiger charge is -2.26. The maximum atomic E-state index is 5.41. The Balaban J connectivity index is 1.59. The van der Waals surface area contributed by atoms with E-state index in [0.717, 1.165) is 73.2 Å². The van der Waals surface area contributed by atoms with Crippen LogP contribution < -0.4 is 5.32 Å². The van der Waals surface area contributed by atoms with Gasteiger partial charge >= 0.3 is 0 Å². The minimum atomic E-state index is 0.726. The highest BCUT2D eigenvalue weighted by Gasteiger charge is 2.14. The second-order valence-corrected chi connectivity index (χ2v) is 7.42. The predicted molar refractivity (Wildman–Crippen MR) is 106 cm³/mol. The van der Waals surface area contributed by atoms with Crippen molar-refractivity contribution in [2.45, 2.75) is 13.3 Å². The van der Waals surface area contributed by atoms with Gasteiger partial charge in [-0.15, -0.1) is 11.3 Å². The van der Waals surface area contributed by atoms with Crippen molar-refractivity contribution in [2.75, 3.05) is 44.7 Å². The number of rotatable bonds is 6. The first-order chi connectivity index (χ1) is 12.8. The van der Waals surface area contributed by atoms with E-state index >= 15 is 0 Å². The van der Waals surface area contributed by atoms with Gasteiger partial charge in [0.2, 0.25) is 0 Å². The van der Waals surface area contributed by atoms with Crippen LogP contribution in [0.2, 0.25) is 0 Å². The third-order valence-corrected chi connectivity index (χ3v) is 5.71. The quantitative estimate of drug-likeness (QED) is 0.720. The molecule has 26 heavy (non-hydrogen) atoms. The standard InChI is InChI=1S/C19H23N5OS/c1-2-15-12-16-18(21-6-7-24-8-10-25-11-9-24)22-17(23-19(16)26-15)14-4-3-5-20-13-14/h3-5,12-13H,2,6-11H2,1H3,(H,21,22,23). The number of aryl methyl sites for hydroxylation is 1. The molecule has 0 radical (unpaired) electrons. The van der Waals surface area contributed by atoms with Crippen LogP contribution in [0.3, 0.4) is 0 Å². The highest BCUT2D eigenvalue weighted by atomic mass is 32.1. The molecule has 0 bridgehead atoms. The van der Waals surface area contributed by atoms with Crippen LogP contribution in [0.4, 0.5) is 5.82 Å². The van der Waals surface area contributed by atoms with Crippen LogP contribution in [-0.4, -0.2) is 59.2 Å². The molecule has 7 heteroatoms. The summed E-state index contributed by atoms with van der Waals surface area (Å²) in [5, 5.41) is 4.65. The minimum absolute atomic E-state index is 0.726. The first-order valence-corrected chi connectivity index (χ1v) is 9.90. The lowest BCUT2D eigenvalue weighted by molar-refractivity contribution is 0.0398. The summed E-state index contributed by atoms with van der Waals surface area (Å²) in [5.41, 5.74) is 0.942. The number of fused-ring (bicyclic) bond motifs is 1.